The zero-order chi connectivity index (χ0) is 13.5. The summed E-state index contributed by atoms with van der Waals surface area (Å²) in [5, 5.41) is 0. The van der Waals surface area contributed by atoms with E-state index in [2.05, 4.69) is 11.5 Å². The first-order valence-electron chi connectivity index (χ1n) is 6.10. The summed E-state index contributed by atoms with van der Waals surface area (Å²) < 4.78 is 0. The summed E-state index contributed by atoms with van der Waals surface area (Å²) in [5.41, 5.74) is 6.17. The van der Waals surface area contributed by atoms with Gasteiger partial charge in [-0.1, -0.05) is 6.58 Å². The second kappa shape index (κ2) is 4.15. The number of nitrogens with zero attached hydrogens (tertiary/aromatic N) is 2. The van der Waals surface area contributed by atoms with E-state index in [4.69, 9.17) is 5.73 Å². The van der Waals surface area contributed by atoms with Crippen molar-refractivity contribution in [1.82, 2.24) is 9.80 Å². The lowest BCUT2D eigenvalue weighted by molar-refractivity contribution is -0.141. The summed E-state index contributed by atoms with van der Waals surface area (Å²) in [6.45, 7) is 7.03. The molecule has 0 aromatic rings. The van der Waals surface area contributed by atoms with Gasteiger partial charge < -0.3 is 15.5 Å². The monoisotopic (exact) mass is 249 g/mol. The Bertz CT molecular complexity index is 449. The van der Waals surface area contributed by atoms with Gasteiger partial charge in [-0.05, 0) is 25.8 Å². The zero-order valence-corrected chi connectivity index (χ0v) is 10.9. The number of allylic oxidation sites excluding steroid dienone is 2. The quantitative estimate of drug-likeness (QED) is 0.738. The molecular formula is C13H19N3O2. The average Bonchev–Trinajstić information content (AvgIpc) is 3.13. The maximum Gasteiger partial charge on any atom is 0.242 e. The molecule has 5 nitrogen and oxygen atoms in total. The van der Waals surface area contributed by atoms with Crippen molar-refractivity contribution in [2.24, 2.45) is 11.1 Å². The molecule has 0 aromatic heterocycles. The Morgan fingerprint density at radius 3 is 2.44 bits per heavy atom. The van der Waals surface area contributed by atoms with Gasteiger partial charge in [0.25, 0.3) is 0 Å². The van der Waals surface area contributed by atoms with Crippen LogP contribution in [-0.2, 0) is 9.59 Å². The van der Waals surface area contributed by atoms with Gasteiger partial charge in [-0.25, -0.2) is 0 Å². The fourth-order valence-electron chi connectivity index (χ4n) is 2.35. The Kier molecular flexibility index (Phi) is 2.92. The third kappa shape index (κ3) is 1.70. The minimum absolute atomic E-state index is 0.169. The maximum atomic E-state index is 12.5. The van der Waals surface area contributed by atoms with Gasteiger partial charge in [-0.2, -0.15) is 0 Å². The molecule has 98 valence electrons. The van der Waals surface area contributed by atoms with Crippen molar-refractivity contribution in [1.29, 1.82) is 0 Å². The van der Waals surface area contributed by atoms with Gasteiger partial charge in [-0.15, -0.1) is 0 Å². The van der Waals surface area contributed by atoms with Crippen LogP contribution in [0.5, 0.6) is 0 Å². The van der Waals surface area contributed by atoms with Crippen molar-refractivity contribution >= 4 is 11.8 Å². The highest BCUT2D eigenvalue weighted by molar-refractivity contribution is 6.07. The molecule has 1 fully saturated rings. The molecule has 1 heterocycles. The normalized spacial score (nSPS) is 21.9. The lowest BCUT2D eigenvalue weighted by Gasteiger charge is -2.37. The molecule has 0 saturated heterocycles. The standard InChI is InChI=1S/C13H19N3O2/c1-4-10-9(2)15(3)7-8-16(10)12(18)13(5-6-13)11(14)17/h4H,1,5-8H2,2-3H3,(H2,14,17). The van der Waals surface area contributed by atoms with Gasteiger partial charge in [-0.3, -0.25) is 9.59 Å². The number of carbonyl (C=O) groups is 2. The van der Waals surface area contributed by atoms with Gasteiger partial charge in [0.15, 0.2) is 0 Å². The number of primary amides is 1. The summed E-state index contributed by atoms with van der Waals surface area (Å²) in [7, 11) is 1.97. The largest absolute Gasteiger partial charge is 0.375 e. The molecule has 5 heteroatoms. The van der Waals surface area contributed by atoms with Crippen molar-refractivity contribution < 1.29 is 9.59 Å². The van der Waals surface area contributed by atoms with E-state index in [1.807, 2.05) is 14.0 Å². The van der Waals surface area contributed by atoms with Gasteiger partial charge >= 0.3 is 0 Å². The topological polar surface area (TPSA) is 66.6 Å². The van der Waals surface area contributed by atoms with Crippen LogP contribution in [0.2, 0.25) is 0 Å². The van der Waals surface area contributed by atoms with Crippen LogP contribution in [0.3, 0.4) is 0 Å². The lowest BCUT2D eigenvalue weighted by Crippen LogP contribution is -2.48. The molecule has 0 spiro atoms. The van der Waals surface area contributed by atoms with E-state index in [0.29, 0.717) is 19.4 Å². The molecule has 2 rings (SSSR count). The third-order valence-electron chi connectivity index (χ3n) is 3.96. The molecule has 0 radical (unpaired) electrons. The van der Waals surface area contributed by atoms with Crippen LogP contribution in [0.4, 0.5) is 0 Å². The van der Waals surface area contributed by atoms with E-state index in [0.717, 1.165) is 17.9 Å². The molecule has 0 atom stereocenters. The molecule has 2 N–H and O–H groups in total. The number of likely N-dealkylation sites (N-methyl/N-ethyl adjacent to an activating group) is 1. The Labute approximate surface area is 107 Å². The van der Waals surface area contributed by atoms with Crippen molar-refractivity contribution in [2.75, 3.05) is 20.1 Å². The molecule has 1 saturated carbocycles. The third-order valence-corrected chi connectivity index (χ3v) is 3.96. The van der Waals surface area contributed by atoms with Gasteiger partial charge in [0.05, 0.1) is 5.70 Å². The zero-order valence-electron chi connectivity index (χ0n) is 10.9. The number of rotatable bonds is 3. The van der Waals surface area contributed by atoms with E-state index in [-0.39, 0.29) is 5.91 Å². The first kappa shape index (κ1) is 12.7. The summed E-state index contributed by atoms with van der Waals surface area (Å²) in [5.74, 6) is -0.676. The number of hydrogen-bond donors (Lipinski definition) is 1. The molecule has 0 bridgehead atoms. The molecule has 2 amide bonds. The molecule has 1 aliphatic carbocycles. The molecule has 2 aliphatic rings. The van der Waals surface area contributed by atoms with Crippen molar-refractivity contribution in [3.05, 3.63) is 24.0 Å². The highest BCUT2D eigenvalue weighted by atomic mass is 16.2. The Balaban J connectivity index is 2.32. The summed E-state index contributed by atoms with van der Waals surface area (Å²) in [6.07, 6.45) is 2.80. The van der Waals surface area contributed by atoms with Crippen molar-refractivity contribution in [3.63, 3.8) is 0 Å². The van der Waals surface area contributed by atoms with E-state index >= 15 is 0 Å². The molecule has 0 aromatic carbocycles. The van der Waals surface area contributed by atoms with Gasteiger partial charge in [0, 0.05) is 25.8 Å². The highest BCUT2D eigenvalue weighted by Gasteiger charge is 2.57. The van der Waals surface area contributed by atoms with Crippen molar-refractivity contribution in [3.8, 4) is 0 Å². The second-order valence-corrected chi connectivity index (χ2v) is 5.00. The van der Waals surface area contributed by atoms with E-state index in [1.165, 1.54) is 0 Å². The SMILES string of the molecule is C=CC1=C(C)N(C)CCN1C(=O)C1(C(N)=O)CC1. The Hall–Kier alpha value is -1.78. The summed E-state index contributed by atoms with van der Waals surface area (Å²) >= 11 is 0. The van der Waals surface area contributed by atoms with Crippen LogP contribution in [0.25, 0.3) is 0 Å². The number of carbonyl (C=O) groups excluding carboxylic acids is 2. The molecular weight excluding hydrogens is 230 g/mol. The molecule has 1 aliphatic heterocycles. The minimum atomic E-state index is -0.954. The molecule has 18 heavy (non-hydrogen) atoms. The number of amides is 2. The Morgan fingerprint density at radius 2 is 2.00 bits per heavy atom. The minimum Gasteiger partial charge on any atom is -0.375 e. The number of nitrogens with two attached hydrogens (primary N) is 1. The fourth-order valence-corrected chi connectivity index (χ4v) is 2.35. The van der Waals surface area contributed by atoms with E-state index in [9.17, 15) is 9.59 Å². The van der Waals surface area contributed by atoms with Crippen LogP contribution in [0.15, 0.2) is 24.0 Å². The first-order valence-corrected chi connectivity index (χ1v) is 6.10. The van der Waals surface area contributed by atoms with Crippen LogP contribution in [0.1, 0.15) is 19.8 Å². The molecule has 0 unspecified atom stereocenters. The highest BCUT2D eigenvalue weighted by Crippen LogP contribution is 2.47. The smallest absolute Gasteiger partial charge is 0.242 e. The van der Waals surface area contributed by atoms with Gasteiger partial charge in [0.2, 0.25) is 11.8 Å². The van der Waals surface area contributed by atoms with Crippen LogP contribution in [-0.4, -0.2) is 41.8 Å². The predicted octanol–water partition coefficient (Wildman–Crippen LogP) is 0.443. The summed E-state index contributed by atoms with van der Waals surface area (Å²) in [6, 6.07) is 0. The lowest BCUT2D eigenvalue weighted by atomic mass is 10.0. The Morgan fingerprint density at radius 1 is 1.39 bits per heavy atom. The van der Waals surface area contributed by atoms with E-state index in [1.54, 1.807) is 11.0 Å². The van der Waals surface area contributed by atoms with Crippen LogP contribution >= 0.6 is 0 Å². The van der Waals surface area contributed by atoms with E-state index < -0.39 is 11.3 Å². The first-order chi connectivity index (χ1) is 8.44. The van der Waals surface area contributed by atoms with Crippen LogP contribution in [0, 0.1) is 5.41 Å². The summed E-state index contributed by atoms with van der Waals surface area (Å²) in [4.78, 5) is 27.6. The fraction of sp³-hybridized carbons (Fsp3) is 0.538. The maximum absolute atomic E-state index is 12.5. The predicted molar refractivity (Wildman–Crippen MR) is 68.1 cm³/mol. The van der Waals surface area contributed by atoms with Crippen LogP contribution < -0.4 is 5.73 Å². The van der Waals surface area contributed by atoms with Crippen molar-refractivity contribution in [2.45, 2.75) is 19.8 Å². The average molecular weight is 249 g/mol. The second-order valence-electron chi connectivity index (χ2n) is 5.00. The van der Waals surface area contributed by atoms with Gasteiger partial charge in [0.1, 0.15) is 5.41 Å². The number of hydrogen-bond acceptors (Lipinski definition) is 3.